The Labute approximate surface area is 139 Å². The molecule has 0 aliphatic rings. The van der Waals surface area contributed by atoms with E-state index >= 15 is 0 Å². The highest BCUT2D eigenvalue weighted by Gasteiger charge is 2.18. The molecule has 0 saturated carbocycles. The van der Waals surface area contributed by atoms with Crippen LogP contribution in [0.1, 0.15) is 12.5 Å². The quantitative estimate of drug-likeness (QED) is 0.671. The van der Waals surface area contributed by atoms with Gasteiger partial charge in [0.25, 0.3) is 0 Å². The molecular formula is C17H16ClNO4. The van der Waals surface area contributed by atoms with Crippen LogP contribution in [0.3, 0.4) is 0 Å². The summed E-state index contributed by atoms with van der Waals surface area (Å²) in [7, 11) is 0. The number of carbonyl (C=O) groups is 2. The molecule has 0 heterocycles. The molecule has 0 aliphatic heterocycles. The van der Waals surface area contributed by atoms with Gasteiger partial charge < -0.3 is 14.8 Å². The van der Waals surface area contributed by atoms with Crippen LogP contribution in [-0.4, -0.2) is 18.1 Å². The van der Waals surface area contributed by atoms with Crippen LogP contribution in [0.4, 0.5) is 4.79 Å². The Balaban J connectivity index is 1.78. The van der Waals surface area contributed by atoms with E-state index in [1.807, 2.05) is 30.3 Å². The fourth-order valence-electron chi connectivity index (χ4n) is 1.71. The van der Waals surface area contributed by atoms with E-state index in [4.69, 9.17) is 21.1 Å². The van der Waals surface area contributed by atoms with E-state index in [1.165, 1.54) is 6.92 Å². The summed E-state index contributed by atoms with van der Waals surface area (Å²) in [5, 5.41) is 2.96. The van der Waals surface area contributed by atoms with E-state index in [0.717, 1.165) is 5.56 Å². The molecule has 1 amide bonds. The lowest BCUT2D eigenvalue weighted by molar-refractivity contribution is -0.136. The first-order chi connectivity index (χ1) is 11.0. The monoisotopic (exact) mass is 333 g/mol. The largest absolute Gasteiger partial charge is 0.445 e. The molecular weight excluding hydrogens is 318 g/mol. The van der Waals surface area contributed by atoms with Crippen LogP contribution in [-0.2, 0) is 16.1 Å². The maximum atomic E-state index is 11.9. The summed E-state index contributed by atoms with van der Waals surface area (Å²) in [6, 6.07) is 14.8. The number of nitrogens with one attached hydrogen (secondary N) is 1. The smallest absolute Gasteiger partial charge is 0.408 e. The van der Waals surface area contributed by atoms with Crippen molar-refractivity contribution < 1.29 is 19.1 Å². The van der Waals surface area contributed by atoms with Crippen molar-refractivity contribution in [2.45, 2.75) is 19.6 Å². The van der Waals surface area contributed by atoms with E-state index in [9.17, 15) is 9.59 Å². The number of hydrogen-bond donors (Lipinski definition) is 1. The van der Waals surface area contributed by atoms with E-state index in [-0.39, 0.29) is 6.61 Å². The highest BCUT2D eigenvalue weighted by molar-refractivity contribution is 6.30. The van der Waals surface area contributed by atoms with Gasteiger partial charge in [-0.3, -0.25) is 0 Å². The first kappa shape index (κ1) is 16.8. The Morgan fingerprint density at radius 2 is 1.74 bits per heavy atom. The van der Waals surface area contributed by atoms with Crippen molar-refractivity contribution in [3.8, 4) is 5.75 Å². The Morgan fingerprint density at radius 3 is 2.39 bits per heavy atom. The molecule has 0 unspecified atom stereocenters. The molecule has 0 bridgehead atoms. The van der Waals surface area contributed by atoms with Gasteiger partial charge in [-0.15, -0.1) is 0 Å². The van der Waals surface area contributed by atoms with Gasteiger partial charge in [-0.1, -0.05) is 41.9 Å². The number of carbonyl (C=O) groups excluding carboxylic acids is 2. The van der Waals surface area contributed by atoms with Crippen LogP contribution in [0.5, 0.6) is 5.75 Å². The minimum Gasteiger partial charge on any atom is -0.445 e. The third-order valence-electron chi connectivity index (χ3n) is 2.93. The van der Waals surface area contributed by atoms with Crippen LogP contribution in [0.15, 0.2) is 54.6 Å². The van der Waals surface area contributed by atoms with Gasteiger partial charge in [0.05, 0.1) is 0 Å². The van der Waals surface area contributed by atoms with E-state index in [1.54, 1.807) is 24.3 Å². The van der Waals surface area contributed by atoms with Crippen LogP contribution in [0, 0.1) is 0 Å². The summed E-state index contributed by atoms with van der Waals surface area (Å²) < 4.78 is 10.2. The molecule has 0 aromatic heterocycles. The molecule has 2 aromatic carbocycles. The first-order valence-electron chi connectivity index (χ1n) is 6.99. The number of rotatable bonds is 5. The predicted octanol–water partition coefficient (Wildman–Crippen LogP) is 3.56. The van der Waals surface area contributed by atoms with Gasteiger partial charge in [-0.05, 0) is 36.8 Å². The van der Waals surface area contributed by atoms with E-state index in [2.05, 4.69) is 5.32 Å². The summed E-state index contributed by atoms with van der Waals surface area (Å²) in [5.41, 5.74) is 0.860. The lowest BCUT2D eigenvalue weighted by Crippen LogP contribution is -2.41. The van der Waals surface area contributed by atoms with Crippen molar-refractivity contribution in [3.05, 3.63) is 65.2 Å². The fourth-order valence-corrected chi connectivity index (χ4v) is 1.83. The molecule has 2 aromatic rings. The second-order valence-electron chi connectivity index (χ2n) is 4.80. The van der Waals surface area contributed by atoms with Crippen molar-refractivity contribution in [1.29, 1.82) is 0 Å². The average Bonchev–Trinajstić information content (AvgIpc) is 2.56. The molecule has 2 rings (SSSR count). The highest BCUT2D eigenvalue weighted by atomic mass is 35.5. The minimum atomic E-state index is -0.839. The number of halogens is 1. The van der Waals surface area contributed by atoms with Crippen LogP contribution in [0.25, 0.3) is 0 Å². The number of amides is 1. The molecule has 5 nitrogen and oxygen atoms in total. The number of hydrogen-bond acceptors (Lipinski definition) is 4. The van der Waals surface area contributed by atoms with Gasteiger partial charge >= 0.3 is 12.1 Å². The zero-order valence-electron chi connectivity index (χ0n) is 12.5. The maximum Gasteiger partial charge on any atom is 0.408 e. The number of benzene rings is 2. The Kier molecular flexibility index (Phi) is 6.00. The van der Waals surface area contributed by atoms with Crippen LogP contribution < -0.4 is 10.1 Å². The third kappa shape index (κ3) is 5.64. The van der Waals surface area contributed by atoms with Crippen molar-refractivity contribution in [2.75, 3.05) is 0 Å². The molecule has 0 aliphatic carbocycles. The summed E-state index contributed by atoms with van der Waals surface area (Å²) in [4.78, 5) is 23.6. The summed E-state index contributed by atoms with van der Waals surface area (Å²) in [5.74, 6) is -0.241. The van der Waals surface area contributed by atoms with Gasteiger partial charge in [0.15, 0.2) is 0 Å². The highest BCUT2D eigenvalue weighted by Crippen LogP contribution is 2.16. The summed E-state index contributed by atoms with van der Waals surface area (Å²) in [6.07, 6.45) is -0.686. The molecule has 1 atom stereocenters. The van der Waals surface area contributed by atoms with Gasteiger partial charge in [0.2, 0.25) is 0 Å². The summed E-state index contributed by atoms with van der Waals surface area (Å²) in [6.45, 7) is 1.65. The van der Waals surface area contributed by atoms with Gasteiger partial charge in [-0.2, -0.15) is 0 Å². The van der Waals surface area contributed by atoms with Gasteiger partial charge in [0.1, 0.15) is 18.4 Å². The van der Waals surface area contributed by atoms with Gasteiger partial charge in [-0.25, -0.2) is 9.59 Å². The Hall–Kier alpha value is -2.53. The lowest BCUT2D eigenvalue weighted by Gasteiger charge is -2.13. The minimum absolute atomic E-state index is 0.131. The third-order valence-corrected chi connectivity index (χ3v) is 3.18. The molecule has 0 fully saturated rings. The predicted molar refractivity (Wildman–Crippen MR) is 86.3 cm³/mol. The fraction of sp³-hybridized carbons (Fsp3) is 0.176. The SMILES string of the molecule is C[C@@H](NC(=O)OCc1ccccc1)C(=O)Oc1ccc(Cl)cc1. The van der Waals surface area contributed by atoms with Crippen molar-refractivity contribution >= 4 is 23.7 Å². The zero-order chi connectivity index (χ0) is 16.7. The normalized spacial score (nSPS) is 11.4. The van der Waals surface area contributed by atoms with E-state index < -0.39 is 18.1 Å². The van der Waals surface area contributed by atoms with Crippen molar-refractivity contribution in [2.24, 2.45) is 0 Å². The number of ether oxygens (including phenoxy) is 2. The van der Waals surface area contributed by atoms with Crippen molar-refractivity contribution in [1.82, 2.24) is 5.32 Å². The number of alkyl carbamates (subject to hydrolysis) is 1. The summed E-state index contributed by atoms with van der Waals surface area (Å²) >= 11 is 5.75. The second kappa shape index (κ2) is 8.19. The second-order valence-corrected chi connectivity index (χ2v) is 5.24. The zero-order valence-corrected chi connectivity index (χ0v) is 13.2. The molecule has 0 spiro atoms. The Bertz CT molecular complexity index is 658. The van der Waals surface area contributed by atoms with Crippen LogP contribution >= 0.6 is 11.6 Å². The van der Waals surface area contributed by atoms with Crippen molar-refractivity contribution in [3.63, 3.8) is 0 Å². The molecule has 1 N–H and O–H groups in total. The number of esters is 1. The maximum absolute atomic E-state index is 11.9. The average molecular weight is 334 g/mol. The van der Waals surface area contributed by atoms with Gasteiger partial charge in [0, 0.05) is 5.02 Å². The molecule has 6 heteroatoms. The molecule has 120 valence electrons. The Morgan fingerprint density at radius 1 is 1.09 bits per heavy atom. The molecule has 0 radical (unpaired) electrons. The molecule has 23 heavy (non-hydrogen) atoms. The molecule has 0 saturated heterocycles. The van der Waals surface area contributed by atoms with E-state index in [0.29, 0.717) is 10.8 Å². The topological polar surface area (TPSA) is 64.6 Å². The standard InChI is InChI=1S/C17H16ClNO4/c1-12(16(20)23-15-9-7-14(18)8-10-15)19-17(21)22-11-13-5-3-2-4-6-13/h2-10,12H,11H2,1H3,(H,19,21)/t12-/m1/s1. The van der Waals surface area contributed by atoms with Crippen LogP contribution in [0.2, 0.25) is 5.02 Å². The first-order valence-corrected chi connectivity index (χ1v) is 7.37. The lowest BCUT2D eigenvalue weighted by atomic mass is 10.2.